The van der Waals surface area contributed by atoms with E-state index in [0.29, 0.717) is 12.1 Å². The van der Waals surface area contributed by atoms with E-state index in [0.717, 1.165) is 10.3 Å². The molecule has 1 aliphatic rings. The van der Waals surface area contributed by atoms with Crippen LogP contribution in [0.1, 0.15) is 25.7 Å². The van der Waals surface area contributed by atoms with E-state index in [1.54, 1.807) is 0 Å². The molecule has 1 aromatic heterocycles. The first-order valence-corrected chi connectivity index (χ1v) is 7.01. The molecular formula is C13H20BrN3. The van der Waals surface area contributed by atoms with Gasteiger partial charge in [-0.15, -0.1) is 0 Å². The average Bonchev–Trinajstić information content (AvgIpc) is 2.39. The Hall–Kier alpha value is -0.610. The van der Waals surface area contributed by atoms with E-state index in [2.05, 4.69) is 57.4 Å². The molecule has 0 saturated heterocycles. The van der Waals surface area contributed by atoms with Crippen LogP contribution in [0.4, 0.5) is 5.82 Å². The number of halogens is 1. The van der Waals surface area contributed by atoms with Crippen LogP contribution in [0.15, 0.2) is 22.8 Å². The first kappa shape index (κ1) is 12.8. The van der Waals surface area contributed by atoms with Gasteiger partial charge in [0.2, 0.25) is 0 Å². The third-order valence-electron chi connectivity index (χ3n) is 3.73. The minimum atomic E-state index is 0.633. The van der Waals surface area contributed by atoms with Gasteiger partial charge in [0.1, 0.15) is 5.82 Å². The summed E-state index contributed by atoms with van der Waals surface area (Å²) in [5.41, 5.74) is 0. The van der Waals surface area contributed by atoms with Crippen LogP contribution in [0, 0.1) is 0 Å². The van der Waals surface area contributed by atoms with Crippen molar-refractivity contribution >= 4 is 21.7 Å². The van der Waals surface area contributed by atoms with Crippen molar-refractivity contribution < 1.29 is 0 Å². The van der Waals surface area contributed by atoms with Gasteiger partial charge in [0.05, 0.1) is 0 Å². The molecule has 1 N–H and O–H groups in total. The maximum atomic E-state index is 4.46. The molecule has 1 aliphatic carbocycles. The number of anilines is 1. The van der Waals surface area contributed by atoms with Crippen molar-refractivity contribution in [3.8, 4) is 0 Å². The summed E-state index contributed by atoms with van der Waals surface area (Å²) in [5, 5.41) is 3.37. The lowest BCUT2D eigenvalue weighted by Crippen LogP contribution is -2.40. The molecular weight excluding hydrogens is 278 g/mol. The molecule has 0 aromatic carbocycles. The Bertz CT molecular complexity index is 344. The van der Waals surface area contributed by atoms with Gasteiger partial charge in [-0.3, -0.25) is 0 Å². The Balaban J connectivity index is 1.96. The summed E-state index contributed by atoms with van der Waals surface area (Å²) in [5.74, 6) is 1.07. The van der Waals surface area contributed by atoms with Crippen molar-refractivity contribution in [2.75, 3.05) is 19.0 Å². The number of hydrogen-bond acceptors (Lipinski definition) is 3. The standard InChI is InChI=1S/C13H20BrN3/c1-15-11-4-6-12(7-5-11)17(2)13-8-3-10(14)9-16-13/h3,8-9,11-12,15H,4-7H2,1-2H3. The number of pyridine rings is 1. The maximum absolute atomic E-state index is 4.46. The predicted octanol–water partition coefficient (Wildman–Crippen LogP) is 2.81. The van der Waals surface area contributed by atoms with E-state index in [-0.39, 0.29) is 0 Å². The topological polar surface area (TPSA) is 28.2 Å². The van der Waals surface area contributed by atoms with Crippen LogP contribution in [0.25, 0.3) is 0 Å². The maximum Gasteiger partial charge on any atom is 0.128 e. The highest BCUT2D eigenvalue weighted by molar-refractivity contribution is 9.10. The molecule has 1 aromatic rings. The largest absolute Gasteiger partial charge is 0.357 e. The Kier molecular flexibility index (Phi) is 4.40. The molecule has 0 aliphatic heterocycles. The third-order valence-corrected chi connectivity index (χ3v) is 4.19. The van der Waals surface area contributed by atoms with Gasteiger partial charge < -0.3 is 10.2 Å². The van der Waals surface area contributed by atoms with Crippen molar-refractivity contribution in [2.24, 2.45) is 0 Å². The molecule has 4 heteroatoms. The van der Waals surface area contributed by atoms with Crippen LogP contribution in [0.3, 0.4) is 0 Å². The smallest absolute Gasteiger partial charge is 0.128 e. The first-order valence-electron chi connectivity index (χ1n) is 6.22. The summed E-state index contributed by atoms with van der Waals surface area (Å²) < 4.78 is 1.04. The Labute approximate surface area is 112 Å². The number of nitrogens with zero attached hydrogens (tertiary/aromatic N) is 2. The lowest BCUT2D eigenvalue weighted by atomic mass is 9.90. The summed E-state index contributed by atoms with van der Waals surface area (Å²) in [6, 6.07) is 5.47. The highest BCUT2D eigenvalue weighted by Gasteiger charge is 2.23. The van der Waals surface area contributed by atoms with E-state index < -0.39 is 0 Å². The average molecular weight is 298 g/mol. The number of nitrogens with one attached hydrogen (secondary N) is 1. The van der Waals surface area contributed by atoms with Crippen molar-refractivity contribution in [2.45, 2.75) is 37.8 Å². The van der Waals surface area contributed by atoms with Gasteiger partial charge in [-0.25, -0.2) is 4.98 Å². The second-order valence-electron chi connectivity index (χ2n) is 4.74. The van der Waals surface area contributed by atoms with Gasteiger partial charge in [-0.05, 0) is 60.8 Å². The van der Waals surface area contributed by atoms with Crippen LogP contribution in [0.2, 0.25) is 0 Å². The molecule has 1 saturated carbocycles. The Morgan fingerprint density at radius 2 is 2.00 bits per heavy atom. The third kappa shape index (κ3) is 3.19. The summed E-state index contributed by atoms with van der Waals surface area (Å²) >= 11 is 3.42. The summed E-state index contributed by atoms with van der Waals surface area (Å²) in [4.78, 5) is 6.77. The Morgan fingerprint density at radius 3 is 2.53 bits per heavy atom. The fourth-order valence-electron chi connectivity index (χ4n) is 2.52. The molecule has 0 amide bonds. The fourth-order valence-corrected chi connectivity index (χ4v) is 2.75. The van der Waals surface area contributed by atoms with E-state index in [1.165, 1.54) is 25.7 Å². The van der Waals surface area contributed by atoms with E-state index in [1.807, 2.05) is 6.20 Å². The number of aromatic nitrogens is 1. The van der Waals surface area contributed by atoms with Crippen LogP contribution in [0.5, 0.6) is 0 Å². The van der Waals surface area contributed by atoms with Gasteiger partial charge in [-0.1, -0.05) is 0 Å². The quantitative estimate of drug-likeness (QED) is 0.930. The van der Waals surface area contributed by atoms with Gasteiger partial charge >= 0.3 is 0 Å². The zero-order valence-electron chi connectivity index (χ0n) is 10.5. The molecule has 0 atom stereocenters. The van der Waals surface area contributed by atoms with Crippen molar-refractivity contribution in [1.82, 2.24) is 10.3 Å². The van der Waals surface area contributed by atoms with Gasteiger partial charge in [0.15, 0.2) is 0 Å². The van der Waals surface area contributed by atoms with Crippen molar-refractivity contribution in [1.29, 1.82) is 0 Å². The molecule has 1 fully saturated rings. The van der Waals surface area contributed by atoms with Crippen LogP contribution >= 0.6 is 15.9 Å². The van der Waals surface area contributed by atoms with E-state index in [4.69, 9.17) is 0 Å². The zero-order valence-corrected chi connectivity index (χ0v) is 12.1. The van der Waals surface area contributed by atoms with Crippen molar-refractivity contribution in [3.63, 3.8) is 0 Å². The van der Waals surface area contributed by atoms with Crippen LogP contribution in [-0.4, -0.2) is 31.2 Å². The van der Waals surface area contributed by atoms with Gasteiger partial charge in [-0.2, -0.15) is 0 Å². The molecule has 0 unspecified atom stereocenters. The molecule has 2 rings (SSSR count). The fraction of sp³-hybridized carbons (Fsp3) is 0.615. The second kappa shape index (κ2) is 5.83. The van der Waals surface area contributed by atoms with Gasteiger partial charge in [0.25, 0.3) is 0 Å². The summed E-state index contributed by atoms with van der Waals surface area (Å²) in [6.45, 7) is 0. The Morgan fingerprint density at radius 1 is 1.29 bits per heavy atom. The number of rotatable bonds is 3. The lowest BCUT2D eigenvalue weighted by Gasteiger charge is -2.35. The van der Waals surface area contributed by atoms with Gasteiger partial charge in [0, 0.05) is 29.8 Å². The second-order valence-corrected chi connectivity index (χ2v) is 5.66. The molecule has 0 radical (unpaired) electrons. The monoisotopic (exact) mass is 297 g/mol. The molecule has 3 nitrogen and oxygen atoms in total. The SMILES string of the molecule is CNC1CCC(N(C)c2ccc(Br)cn2)CC1. The predicted molar refractivity (Wildman–Crippen MR) is 75.4 cm³/mol. The van der Waals surface area contributed by atoms with Crippen LogP contribution in [-0.2, 0) is 0 Å². The lowest BCUT2D eigenvalue weighted by molar-refractivity contribution is 0.350. The molecule has 0 spiro atoms. The van der Waals surface area contributed by atoms with Crippen LogP contribution < -0.4 is 10.2 Å². The minimum absolute atomic E-state index is 0.633. The summed E-state index contributed by atoms with van der Waals surface area (Å²) in [7, 11) is 4.21. The zero-order chi connectivity index (χ0) is 12.3. The highest BCUT2D eigenvalue weighted by Crippen LogP contribution is 2.25. The number of hydrogen-bond donors (Lipinski definition) is 1. The van der Waals surface area contributed by atoms with Crippen molar-refractivity contribution in [3.05, 3.63) is 22.8 Å². The highest BCUT2D eigenvalue weighted by atomic mass is 79.9. The molecule has 0 bridgehead atoms. The molecule has 17 heavy (non-hydrogen) atoms. The normalized spacial score (nSPS) is 24.6. The minimum Gasteiger partial charge on any atom is -0.357 e. The molecule has 1 heterocycles. The molecule has 94 valence electrons. The van der Waals surface area contributed by atoms with E-state index in [9.17, 15) is 0 Å². The summed E-state index contributed by atoms with van der Waals surface area (Å²) in [6.07, 6.45) is 6.90. The van der Waals surface area contributed by atoms with E-state index >= 15 is 0 Å². The first-order chi connectivity index (χ1) is 8.20.